The summed E-state index contributed by atoms with van der Waals surface area (Å²) in [4.78, 5) is 19.2. The van der Waals surface area contributed by atoms with Gasteiger partial charge in [0.05, 0.1) is 18.1 Å². The molecule has 4 heteroatoms. The zero-order valence-electron chi connectivity index (χ0n) is 8.53. The van der Waals surface area contributed by atoms with Crippen molar-refractivity contribution < 1.29 is 4.79 Å². The Balaban J connectivity index is 2.49. The molecule has 0 aliphatic heterocycles. The van der Waals surface area contributed by atoms with Crippen molar-refractivity contribution >= 4 is 11.6 Å². The van der Waals surface area contributed by atoms with Gasteiger partial charge in [-0.25, -0.2) is 9.97 Å². The van der Waals surface area contributed by atoms with E-state index in [0.717, 1.165) is 12.8 Å². The maximum atomic E-state index is 11.5. The van der Waals surface area contributed by atoms with E-state index in [4.69, 9.17) is 0 Å². The highest BCUT2D eigenvalue weighted by Gasteiger charge is 2.11. The third kappa shape index (κ3) is 3.12. The van der Waals surface area contributed by atoms with Crippen molar-refractivity contribution in [3.05, 3.63) is 18.7 Å². The zero-order chi connectivity index (χ0) is 10.4. The number of carbonyl (C=O) groups is 1. The average molecular weight is 193 g/mol. The number of hydrogen-bond donors (Lipinski definition) is 1. The van der Waals surface area contributed by atoms with Crippen molar-refractivity contribution in [3.63, 3.8) is 0 Å². The van der Waals surface area contributed by atoms with Gasteiger partial charge in [-0.3, -0.25) is 4.79 Å². The molecule has 0 radical (unpaired) electrons. The quantitative estimate of drug-likeness (QED) is 0.794. The van der Waals surface area contributed by atoms with Crippen LogP contribution in [0.4, 0.5) is 5.69 Å². The van der Waals surface area contributed by atoms with Crippen LogP contribution < -0.4 is 5.32 Å². The summed E-state index contributed by atoms with van der Waals surface area (Å²) < 4.78 is 0. The molecule has 0 aliphatic carbocycles. The molecule has 76 valence electrons. The fourth-order valence-corrected chi connectivity index (χ4v) is 1.19. The summed E-state index contributed by atoms with van der Waals surface area (Å²) in [5.74, 6) is 0.0712. The predicted octanol–water partition coefficient (Wildman–Crippen LogP) is 1.85. The molecule has 0 bridgehead atoms. The van der Waals surface area contributed by atoms with E-state index in [1.807, 2.05) is 6.92 Å². The maximum Gasteiger partial charge on any atom is 0.227 e. The van der Waals surface area contributed by atoms with Gasteiger partial charge in [0.1, 0.15) is 6.33 Å². The molecule has 4 nitrogen and oxygen atoms in total. The third-order valence-corrected chi connectivity index (χ3v) is 2.00. The van der Waals surface area contributed by atoms with Crippen LogP contribution >= 0.6 is 0 Å². The van der Waals surface area contributed by atoms with Crippen molar-refractivity contribution in [1.82, 2.24) is 9.97 Å². The van der Waals surface area contributed by atoms with Crippen molar-refractivity contribution in [2.45, 2.75) is 26.7 Å². The number of hydrogen-bond acceptors (Lipinski definition) is 3. The van der Waals surface area contributed by atoms with Gasteiger partial charge in [0.2, 0.25) is 5.91 Å². The number of nitrogens with zero attached hydrogens (tertiary/aromatic N) is 2. The van der Waals surface area contributed by atoms with E-state index in [-0.39, 0.29) is 11.8 Å². The van der Waals surface area contributed by atoms with Crippen molar-refractivity contribution in [2.24, 2.45) is 5.92 Å². The van der Waals surface area contributed by atoms with Gasteiger partial charge >= 0.3 is 0 Å². The number of amides is 1. The fraction of sp³-hybridized carbons (Fsp3) is 0.500. The highest BCUT2D eigenvalue weighted by Crippen LogP contribution is 2.09. The Morgan fingerprint density at radius 2 is 2.14 bits per heavy atom. The molecular weight excluding hydrogens is 178 g/mol. The highest BCUT2D eigenvalue weighted by molar-refractivity contribution is 5.91. The van der Waals surface area contributed by atoms with E-state index >= 15 is 0 Å². The molecule has 1 N–H and O–H groups in total. The van der Waals surface area contributed by atoms with Crippen LogP contribution in [0.3, 0.4) is 0 Å². The molecule has 1 aromatic heterocycles. The van der Waals surface area contributed by atoms with Crippen LogP contribution in [0.15, 0.2) is 18.7 Å². The first-order valence-electron chi connectivity index (χ1n) is 4.80. The van der Waals surface area contributed by atoms with Gasteiger partial charge in [0.15, 0.2) is 0 Å². The monoisotopic (exact) mass is 193 g/mol. The second-order valence-electron chi connectivity index (χ2n) is 3.31. The summed E-state index contributed by atoms with van der Waals surface area (Å²) in [5, 5.41) is 2.76. The molecule has 1 atom stereocenters. The predicted molar refractivity (Wildman–Crippen MR) is 54.7 cm³/mol. The molecule has 0 saturated carbocycles. The number of carbonyl (C=O) groups excluding carboxylic acids is 1. The highest BCUT2D eigenvalue weighted by atomic mass is 16.1. The Morgan fingerprint density at radius 3 is 2.71 bits per heavy atom. The van der Waals surface area contributed by atoms with E-state index in [9.17, 15) is 4.79 Å². The maximum absolute atomic E-state index is 11.5. The average Bonchev–Trinajstić information content (AvgIpc) is 2.19. The van der Waals surface area contributed by atoms with Crippen LogP contribution in [0.25, 0.3) is 0 Å². The second-order valence-corrected chi connectivity index (χ2v) is 3.31. The molecular formula is C10H15N3O. The second kappa shape index (κ2) is 5.32. The smallest absolute Gasteiger partial charge is 0.227 e. The van der Waals surface area contributed by atoms with Crippen LogP contribution in [0, 0.1) is 5.92 Å². The van der Waals surface area contributed by atoms with Crippen LogP contribution in [0.5, 0.6) is 0 Å². The lowest BCUT2D eigenvalue weighted by Crippen LogP contribution is -2.20. The standard InChI is InChI=1S/C10H15N3O/c1-3-4-8(2)10(14)13-9-5-11-7-12-6-9/h5-8H,3-4H2,1-2H3,(H,13,14). The van der Waals surface area contributed by atoms with Crippen LogP contribution in [-0.2, 0) is 4.79 Å². The Kier molecular flexibility index (Phi) is 4.04. The summed E-state index contributed by atoms with van der Waals surface area (Å²) in [5.41, 5.74) is 0.653. The number of rotatable bonds is 4. The van der Waals surface area contributed by atoms with Crippen molar-refractivity contribution in [3.8, 4) is 0 Å². The molecule has 1 rings (SSSR count). The molecule has 0 aliphatic rings. The van der Waals surface area contributed by atoms with E-state index in [2.05, 4.69) is 22.2 Å². The number of nitrogens with one attached hydrogen (secondary N) is 1. The zero-order valence-corrected chi connectivity index (χ0v) is 8.53. The van der Waals surface area contributed by atoms with Crippen LogP contribution in [0.2, 0.25) is 0 Å². The summed E-state index contributed by atoms with van der Waals surface area (Å²) in [6, 6.07) is 0. The Labute approximate surface area is 83.8 Å². The van der Waals surface area contributed by atoms with Gasteiger partial charge in [-0.15, -0.1) is 0 Å². The largest absolute Gasteiger partial charge is 0.323 e. The molecule has 0 spiro atoms. The van der Waals surface area contributed by atoms with E-state index in [1.54, 1.807) is 12.4 Å². The lowest BCUT2D eigenvalue weighted by Gasteiger charge is -2.09. The Hall–Kier alpha value is -1.45. The van der Waals surface area contributed by atoms with E-state index in [0.29, 0.717) is 5.69 Å². The molecule has 1 aromatic rings. The molecule has 0 aromatic carbocycles. The molecule has 1 unspecified atom stereocenters. The summed E-state index contributed by atoms with van der Waals surface area (Å²) in [6.07, 6.45) is 6.53. The summed E-state index contributed by atoms with van der Waals surface area (Å²) >= 11 is 0. The van der Waals surface area contributed by atoms with Crippen molar-refractivity contribution in [2.75, 3.05) is 5.32 Å². The number of anilines is 1. The molecule has 1 amide bonds. The molecule has 0 saturated heterocycles. The lowest BCUT2D eigenvalue weighted by atomic mass is 10.1. The molecule has 1 heterocycles. The van der Waals surface area contributed by atoms with Crippen LogP contribution in [-0.4, -0.2) is 15.9 Å². The van der Waals surface area contributed by atoms with Gasteiger partial charge in [-0.05, 0) is 6.42 Å². The SMILES string of the molecule is CCCC(C)C(=O)Nc1cncnc1. The Morgan fingerprint density at radius 1 is 1.50 bits per heavy atom. The van der Waals surface area contributed by atoms with Gasteiger partial charge in [0.25, 0.3) is 0 Å². The van der Waals surface area contributed by atoms with Crippen molar-refractivity contribution in [1.29, 1.82) is 0 Å². The Bertz CT molecular complexity index is 287. The summed E-state index contributed by atoms with van der Waals surface area (Å²) in [7, 11) is 0. The first-order valence-corrected chi connectivity index (χ1v) is 4.80. The van der Waals surface area contributed by atoms with Gasteiger partial charge in [-0.2, -0.15) is 0 Å². The first kappa shape index (κ1) is 10.6. The third-order valence-electron chi connectivity index (χ3n) is 2.00. The first-order chi connectivity index (χ1) is 6.74. The normalized spacial score (nSPS) is 12.1. The molecule has 0 fully saturated rings. The van der Waals surface area contributed by atoms with Gasteiger partial charge in [0, 0.05) is 5.92 Å². The van der Waals surface area contributed by atoms with Gasteiger partial charge in [-0.1, -0.05) is 20.3 Å². The minimum atomic E-state index is 0.0293. The lowest BCUT2D eigenvalue weighted by molar-refractivity contribution is -0.119. The molecule has 14 heavy (non-hydrogen) atoms. The minimum Gasteiger partial charge on any atom is -0.323 e. The summed E-state index contributed by atoms with van der Waals surface area (Å²) in [6.45, 7) is 3.98. The van der Waals surface area contributed by atoms with Gasteiger partial charge < -0.3 is 5.32 Å². The number of aromatic nitrogens is 2. The van der Waals surface area contributed by atoms with E-state index in [1.165, 1.54) is 6.33 Å². The van der Waals surface area contributed by atoms with E-state index < -0.39 is 0 Å². The minimum absolute atomic E-state index is 0.0293. The van der Waals surface area contributed by atoms with Crippen LogP contribution in [0.1, 0.15) is 26.7 Å². The topological polar surface area (TPSA) is 54.9 Å². The fourth-order valence-electron chi connectivity index (χ4n) is 1.19.